The molecule has 0 saturated heterocycles. The van der Waals surface area contributed by atoms with Gasteiger partial charge in [-0.2, -0.15) is 0 Å². The SMILES string of the molecule is O=C(CSCc1ccc(Cl)cc1)Nc1cccc(CO)c1. The summed E-state index contributed by atoms with van der Waals surface area (Å²) in [5.41, 5.74) is 2.62. The van der Waals surface area contributed by atoms with E-state index in [0.717, 1.165) is 16.9 Å². The van der Waals surface area contributed by atoms with Crippen LogP contribution in [0.3, 0.4) is 0 Å². The summed E-state index contributed by atoms with van der Waals surface area (Å²) >= 11 is 7.37. The molecule has 0 aliphatic carbocycles. The second kappa shape index (κ2) is 8.08. The molecule has 0 unspecified atom stereocenters. The Labute approximate surface area is 133 Å². The maximum atomic E-state index is 11.8. The fourth-order valence-electron chi connectivity index (χ4n) is 1.79. The molecule has 0 heterocycles. The first kappa shape index (κ1) is 15.9. The highest BCUT2D eigenvalue weighted by molar-refractivity contribution is 7.99. The minimum absolute atomic E-state index is 0.0327. The maximum absolute atomic E-state index is 11.8. The molecule has 1 amide bonds. The maximum Gasteiger partial charge on any atom is 0.234 e. The lowest BCUT2D eigenvalue weighted by Gasteiger charge is -2.06. The van der Waals surface area contributed by atoms with Gasteiger partial charge in [0.2, 0.25) is 5.91 Å². The van der Waals surface area contributed by atoms with Gasteiger partial charge in [0.25, 0.3) is 0 Å². The molecule has 0 aliphatic heterocycles. The average Bonchev–Trinajstić information content (AvgIpc) is 2.49. The van der Waals surface area contributed by atoms with Gasteiger partial charge in [-0.1, -0.05) is 35.9 Å². The molecule has 2 aromatic carbocycles. The first-order chi connectivity index (χ1) is 10.2. The summed E-state index contributed by atoms with van der Waals surface area (Å²) < 4.78 is 0. The number of carbonyl (C=O) groups excluding carboxylic acids is 1. The van der Waals surface area contributed by atoms with E-state index in [0.29, 0.717) is 16.5 Å². The quantitative estimate of drug-likeness (QED) is 0.853. The van der Waals surface area contributed by atoms with Crippen molar-refractivity contribution in [2.24, 2.45) is 0 Å². The molecule has 0 spiro atoms. The lowest BCUT2D eigenvalue weighted by atomic mass is 10.2. The molecule has 2 aromatic rings. The zero-order valence-electron chi connectivity index (χ0n) is 11.4. The van der Waals surface area contributed by atoms with Gasteiger partial charge >= 0.3 is 0 Å². The highest BCUT2D eigenvalue weighted by Gasteiger charge is 2.04. The van der Waals surface area contributed by atoms with Crippen LogP contribution in [-0.2, 0) is 17.2 Å². The molecule has 110 valence electrons. The number of anilines is 1. The number of aliphatic hydroxyl groups is 1. The second-order valence-electron chi connectivity index (χ2n) is 4.53. The molecule has 0 bridgehead atoms. The fraction of sp³-hybridized carbons (Fsp3) is 0.188. The molecule has 3 nitrogen and oxygen atoms in total. The highest BCUT2D eigenvalue weighted by Crippen LogP contribution is 2.16. The van der Waals surface area contributed by atoms with Crippen molar-refractivity contribution in [3.63, 3.8) is 0 Å². The summed E-state index contributed by atoms with van der Waals surface area (Å²) in [4.78, 5) is 11.8. The smallest absolute Gasteiger partial charge is 0.234 e. The first-order valence-corrected chi connectivity index (χ1v) is 8.02. The molecule has 0 aliphatic rings. The summed E-state index contributed by atoms with van der Waals surface area (Å²) in [5.74, 6) is 1.09. The molecule has 0 aromatic heterocycles. The van der Waals surface area contributed by atoms with Crippen LogP contribution in [0.4, 0.5) is 5.69 Å². The monoisotopic (exact) mass is 321 g/mol. The summed E-state index contributed by atoms with van der Waals surface area (Å²) in [6.07, 6.45) is 0. The van der Waals surface area contributed by atoms with Gasteiger partial charge in [0.15, 0.2) is 0 Å². The normalized spacial score (nSPS) is 10.4. The minimum Gasteiger partial charge on any atom is -0.392 e. The lowest BCUT2D eigenvalue weighted by Crippen LogP contribution is -2.14. The Bertz CT molecular complexity index is 601. The first-order valence-electron chi connectivity index (χ1n) is 6.49. The van der Waals surface area contributed by atoms with E-state index in [2.05, 4.69) is 5.32 Å². The van der Waals surface area contributed by atoms with E-state index in [9.17, 15) is 4.79 Å². The third-order valence-electron chi connectivity index (χ3n) is 2.81. The lowest BCUT2D eigenvalue weighted by molar-refractivity contribution is -0.113. The highest BCUT2D eigenvalue weighted by atomic mass is 35.5. The van der Waals surface area contributed by atoms with Crippen LogP contribution in [0.5, 0.6) is 0 Å². The summed E-state index contributed by atoms with van der Waals surface area (Å²) in [5, 5.41) is 12.6. The van der Waals surface area contributed by atoms with Crippen LogP contribution in [0.1, 0.15) is 11.1 Å². The molecule has 5 heteroatoms. The van der Waals surface area contributed by atoms with Gasteiger partial charge < -0.3 is 10.4 Å². The molecule has 21 heavy (non-hydrogen) atoms. The predicted molar refractivity (Wildman–Crippen MR) is 88.6 cm³/mol. The van der Waals surface area contributed by atoms with Crippen LogP contribution in [0, 0.1) is 0 Å². The van der Waals surface area contributed by atoms with Crippen molar-refractivity contribution >= 4 is 35.0 Å². The Hall–Kier alpha value is -1.49. The Kier molecular flexibility index (Phi) is 6.11. The topological polar surface area (TPSA) is 49.3 Å². The Morgan fingerprint density at radius 3 is 2.62 bits per heavy atom. The van der Waals surface area contributed by atoms with E-state index < -0.39 is 0 Å². The number of halogens is 1. The molecular formula is C16H16ClNO2S. The number of benzene rings is 2. The largest absolute Gasteiger partial charge is 0.392 e. The van der Waals surface area contributed by atoms with Crippen molar-refractivity contribution in [2.75, 3.05) is 11.1 Å². The van der Waals surface area contributed by atoms with Gasteiger partial charge in [-0.05, 0) is 35.4 Å². The number of amides is 1. The zero-order valence-corrected chi connectivity index (χ0v) is 13.0. The van der Waals surface area contributed by atoms with E-state index in [-0.39, 0.29) is 12.5 Å². The average molecular weight is 322 g/mol. The van der Waals surface area contributed by atoms with Gasteiger partial charge in [0.1, 0.15) is 0 Å². The van der Waals surface area contributed by atoms with Crippen molar-refractivity contribution in [2.45, 2.75) is 12.4 Å². The minimum atomic E-state index is -0.0518. The van der Waals surface area contributed by atoms with Crippen LogP contribution in [0.15, 0.2) is 48.5 Å². The number of rotatable bonds is 6. The van der Waals surface area contributed by atoms with Crippen molar-refractivity contribution in [3.8, 4) is 0 Å². The molecule has 0 fully saturated rings. The van der Waals surface area contributed by atoms with Gasteiger partial charge in [-0.25, -0.2) is 0 Å². The Morgan fingerprint density at radius 2 is 1.90 bits per heavy atom. The molecule has 2 N–H and O–H groups in total. The van der Waals surface area contributed by atoms with Crippen molar-refractivity contribution in [3.05, 3.63) is 64.7 Å². The fourth-order valence-corrected chi connectivity index (χ4v) is 2.70. The van der Waals surface area contributed by atoms with E-state index in [1.165, 1.54) is 0 Å². The van der Waals surface area contributed by atoms with Crippen molar-refractivity contribution < 1.29 is 9.90 Å². The Morgan fingerprint density at radius 1 is 1.14 bits per heavy atom. The van der Waals surface area contributed by atoms with Crippen molar-refractivity contribution in [1.82, 2.24) is 0 Å². The predicted octanol–water partition coefficient (Wildman–Crippen LogP) is 3.70. The number of thioether (sulfide) groups is 1. The van der Waals surface area contributed by atoms with E-state index in [1.54, 1.807) is 23.9 Å². The summed E-state index contributed by atoms with van der Waals surface area (Å²) in [7, 11) is 0. The van der Waals surface area contributed by atoms with E-state index >= 15 is 0 Å². The molecule has 2 rings (SSSR count). The van der Waals surface area contributed by atoms with Crippen LogP contribution in [-0.4, -0.2) is 16.8 Å². The standard InChI is InChI=1S/C16H16ClNO2S/c17-14-6-4-12(5-7-14)10-21-11-16(20)18-15-3-1-2-13(8-15)9-19/h1-8,19H,9-11H2,(H,18,20). The van der Waals surface area contributed by atoms with Gasteiger partial charge in [0, 0.05) is 16.5 Å². The van der Waals surface area contributed by atoms with Gasteiger partial charge in [-0.15, -0.1) is 11.8 Å². The van der Waals surface area contributed by atoms with Crippen molar-refractivity contribution in [1.29, 1.82) is 0 Å². The number of aliphatic hydroxyl groups excluding tert-OH is 1. The molecular weight excluding hydrogens is 306 g/mol. The number of carbonyl (C=O) groups is 1. The third-order valence-corrected chi connectivity index (χ3v) is 4.06. The van der Waals surface area contributed by atoms with Gasteiger partial charge in [-0.3, -0.25) is 4.79 Å². The zero-order chi connectivity index (χ0) is 15.1. The third kappa shape index (κ3) is 5.42. The van der Waals surface area contributed by atoms with Crippen LogP contribution >= 0.6 is 23.4 Å². The van der Waals surface area contributed by atoms with Crippen LogP contribution in [0.25, 0.3) is 0 Å². The Balaban J connectivity index is 1.78. The number of hydrogen-bond donors (Lipinski definition) is 2. The molecule has 0 saturated carbocycles. The van der Waals surface area contributed by atoms with E-state index in [4.69, 9.17) is 16.7 Å². The van der Waals surface area contributed by atoms with E-state index in [1.807, 2.05) is 36.4 Å². The van der Waals surface area contributed by atoms with Gasteiger partial charge in [0.05, 0.1) is 12.4 Å². The molecule has 0 atom stereocenters. The van der Waals surface area contributed by atoms with Crippen LogP contribution < -0.4 is 5.32 Å². The van der Waals surface area contributed by atoms with Crippen LogP contribution in [0.2, 0.25) is 5.02 Å². The molecule has 0 radical (unpaired) electrons. The number of hydrogen-bond acceptors (Lipinski definition) is 3. The summed E-state index contributed by atoms with van der Waals surface area (Å²) in [6.45, 7) is -0.0327. The summed E-state index contributed by atoms with van der Waals surface area (Å²) in [6, 6.07) is 14.8. The second-order valence-corrected chi connectivity index (χ2v) is 5.95. The number of nitrogens with one attached hydrogen (secondary N) is 1.